The van der Waals surface area contributed by atoms with Gasteiger partial charge in [0.15, 0.2) is 0 Å². The molecule has 0 spiro atoms. The number of hydrogen-bond acceptors (Lipinski definition) is 4. The van der Waals surface area contributed by atoms with Crippen molar-refractivity contribution in [1.82, 2.24) is 10.3 Å². The number of carbonyl (C=O) groups excluding carboxylic acids is 1. The van der Waals surface area contributed by atoms with Gasteiger partial charge in [-0.1, -0.05) is 12.1 Å². The molecule has 1 atom stereocenters. The topological polar surface area (TPSA) is 112 Å². The van der Waals surface area contributed by atoms with Crippen molar-refractivity contribution < 1.29 is 19.8 Å². The highest BCUT2D eigenvalue weighted by molar-refractivity contribution is 6.01. The minimum Gasteiger partial charge on any atom is -0.480 e. The Bertz CT molecular complexity index is 654. The summed E-state index contributed by atoms with van der Waals surface area (Å²) in [5, 5.41) is 24.3. The Morgan fingerprint density at radius 3 is 2.81 bits per heavy atom. The Labute approximate surface area is 120 Å². The molecule has 0 saturated heterocycles. The van der Waals surface area contributed by atoms with Crippen molar-refractivity contribution in [2.45, 2.75) is 12.5 Å². The fourth-order valence-electron chi connectivity index (χ4n) is 1.93. The first-order valence-electron chi connectivity index (χ1n) is 6.35. The summed E-state index contributed by atoms with van der Waals surface area (Å²) >= 11 is 0. The number of carbonyl (C=O) groups is 2. The van der Waals surface area contributed by atoms with Gasteiger partial charge in [-0.15, -0.1) is 0 Å². The van der Waals surface area contributed by atoms with E-state index < -0.39 is 18.0 Å². The highest BCUT2D eigenvalue weighted by Crippen LogP contribution is 2.21. The van der Waals surface area contributed by atoms with Gasteiger partial charge < -0.3 is 20.8 Å². The summed E-state index contributed by atoms with van der Waals surface area (Å²) in [6, 6.07) is 5.32. The van der Waals surface area contributed by atoms with Crippen molar-refractivity contribution in [3.63, 3.8) is 0 Å². The number of aliphatic hydroxyl groups is 1. The van der Waals surface area contributed by atoms with Gasteiger partial charge in [-0.05, 0) is 12.1 Å². The van der Waals surface area contributed by atoms with Crippen LogP contribution in [0.25, 0.3) is 10.8 Å². The van der Waals surface area contributed by atoms with E-state index in [9.17, 15) is 9.59 Å². The number of urea groups is 1. The molecule has 0 radical (unpaired) electrons. The number of pyridine rings is 1. The molecule has 0 aliphatic rings. The number of amides is 2. The fraction of sp³-hybridized carbons (Fsp3) is 0.214. The molecular weight excluding hydrogens is 274 g/mol. The Kier molecular flexibility index (Phi) is 4.68. The van der Waals surface area contributed by atoms with Crippen molar-refractivity contribution in [2.24, 2.45) is 0 Å². The largest absolute Gasteiger partial charge is 0.480 e. The summed E-state index contributed by atoms with van der Waals surface area (Å²) in [6.07, 6.45) is 3.23. The summed E-state index contributed by atoms with van der Waals surface area (Å²) in [4.78, 5) is 26.8. The minimum atomic E-state index is -1.19. The molecule has 4 N–H and O–H groups in total. The Balaban J connectivity index is 2.13. The molecule has 1 heterocycles. The summed E-state index contributed by atoms with van der Waals surface area (Å²) < 4.78 is 0. The van der Waals surface area contributed by atoms with Gasteiger partial charge in [0.1, 0.15) is 6.04 Å². The molecule has 0 aliphatic carbocycles. The summed E-state index contributed by atoms with van der Waals surface area (Å²) in [6.45, 7) is -0.322. The Hall–Kier alpha value is -2.67. The Morgan fingerprint density at radius 2 is 2.10 bits per heavy atom. The number of benzene rings is 1. The lowest BCUT2D eigenvalue weighted by molar-refractivity contribution is -0.139. The average molecular weight is 289 g/mol. The van der Waals surface area contributed by atoms with Crippen LogP contribution >= 0.6 is 0 Å². The van der Waals surface area contributed by atoms with Crippen molar-refractivity contribution >= 4 is 28.5 Å². The molecule has 2 amide bonds. The smallest absolute Gasteiger partial charge is 0.326 e. The molecule has 2 aromatic rings. The molecule has 2 rings (SSSR count). The van der Waals surface area contributed by atoms with E-state index >= 15 is 0 Å². The zero-order valence-electron chi connectivity index (χ0n) is 11.1. The van der Waals surface area contributed by atoms with E-state index in [1.165, 1.54) is 0 Å². The van der Waals surface area contributed by atoms with Crippen molar-refractivity contribution in [3.05, 3.63) is 36.7 Å². The number of hydrogen-bond donors (Lipinski definition) is 4. The van der Waals surface area contributed by atoms with Crippen LogP contribution in [0.2, 0.25) is 0 Å². The minimum absolute atomic E-state index is 0.0534. The van der Waals surface area contributed by atoms with E-state index in [1.807, 2.05) is 6.07 Å². The average Bonchev–Trinajstić information content (AvgIpc) is 2.47. The lowest BCUT2D eigenvalue weighted by atomic mass is 10.1. The van der Waals surface area contributed by atoms with E-state index in [4.69, 9.17) is 10.2 Å². The molecule has 110 valence electrons. The lowest BCUT2D eigenvalue weighted by Crippen LogP contribution is -2.43. The van der Waals surface area contributed by atoms with Gasteiger partial charge in [0, 0.05) is 36.2 Å². The number of nitrogens with one attached hydrogen (secondary N) is 2. The van der Waals surface area contributed by atoms with Crippen LogP contribution in [0.3, 0.4) is 0 Å². The van der Waals surface area contributed by atoms with Gasteiger partial charge in [0.25, 0.3) is 0 Å². The van der Waals surface area contributed by atoms with Crippen LogP contribution in [0.1, 0.15) is 6.42 Å². The van der Waals surface area contributed by atoms with Gasteiger partial charge in [0.05, 0.1) is 5.69 Å². The molecule has 0 saturated carbocycles. The van der Waals surface area contributed by atoms with Crippen molar-refractivity contribution in [1.29, 1.82) is 0 Å². The molecule has 21 heavy (non-hydrogen) atoms. The molecule has 1 aromatic carbocycles. The molecular formula is C14H15N3O4. The van der Waals surface area contributed by atoms with Crippen LogP contribution in [0.5, 0.6) is 0 Å². The van der Waals surface area contributed by atoms with Crippen LogP contribution in [-0.4, -0.2) is 39.8 Å². The number of aliphatic hydroxyl groups excluding tert-OH is 1. The van der Waals surface area contributed by atoms with Crippen LogP contribution < -0.4 is 10.6 Å². The lowest BCUT2D eigenvalue weighted by Gasteiger charge is -2.14. The molecule has 0 unspecified atom stereocenters. The third-order valence-corrected chi connectivity index (χ3v) is 2.95. The first kappa shape index (κ1) is 14.7. The first-order chi connectivity index (χ1) is 10.1. The van der Waals surface area contributed by atoms with E-state index in [2.05, 4.69) is 15.6 Å². The molecule has 7 nitrogen and oxygen atoms in total. The number of carboxylic acids is 1. The van der Waals surface area contributed by atoms with E-state index in [0.717, 1.165) is 10.8 Å². The number of carboxylic acid groups (broad SMARTS) is 1. The van der Waals surface area contributed by atoms with Gasteiger partial charge in [-0.2, -0.15) is 0 Å². The standard InChI is InChI=1S/C14H15N3O4/c18-7-5-12(13(19)20)17-14(21)16-11-3-1-2-9-8-15-6-4-10(9)11/h1-4,6,8,12,18H,5,7H2,(H,19,20)(H2,16,17,21)/t12-/m1/s1. The highest BCUT2D eigenvalue weighted by atomic mass is 16.4. The number of aromatic nitrogens is 1. The number of anilines is 1. The van der Waals surface area contributed by atoms with E-state index in [-0.39, 0.29) is 13.0 Å². The SMILES string of the molecule is O=C(Nc1cccc2cnccc12)N[C@H](CCO)C(=O)O. The second kappa shape index (κ2) is 6.67. The second-order valence-electron chi connectivity index (χ2n) is 4.40. The third kappa shape index (κ3) is 3.67. The van der Waals surface area contributed by atoms with Gasteiger partial charge in [-0.3, -0.25) is 4.98 Å². The zero-order valence-corrected chi connectivity index (χ0v) is 11.1. The predicted molar refractivity (Wildman–Crippen MR) is 77.0 cm³/mol. The normalized spacial score (nSPS) is 11.9. The van der Waals surface area contributed by atoms with Crippen LogP contribution in [0.4, 0.5) is 10.5 Å². The predicted octanol–water partition coefficient (Wildman–Crippen LogP) is 1.19. The van der Waals surface area contributed by atoms with Gasteiger partial charge >= 0.3 is 12.0 Å². The van der Waals surface area contributed by atoms with Crippen LogP contribution in [0, 0.1) is 0 Å². The van der Waals surface area contributed by atoms with Crippen molar-refractivity contribution in [2.75, 3.05) is 11.9 Å². The molecule has 0 fully saturated rings. The molecule has 1 aromatic heterocycles. The summed E-state index contributed by atoms with van der Waals surface area (Å²) in [5.74, 6) is -1.19. The Morgan fingerprint density at radius 1 is 1.29 bits per heavy atom. The number of nitrogens with zero attached hydrogens (tertiary/aromatic N) is 1. The third-order valence-electron chi connectivity index (χ3n) is 2.95. The number of rotatable bonds is 5. The monoisotopic (exact) mass is 289 g/mol. The second-order valence-corrected chi connectivity index (χ2v) is 4.40. The van der Waals surface area contributed by atoms with Crippen LogP contribution in [0.15, 0.2) is 36.7 Å². The maximum Gasteiger partial charge on any atom is 0.326 e. The van der Waals surface area contributed by atoms with Gasteiger partial charge in [0.2, 0.25) is 0 Å². The van der Waals surface area contributed by atoms with Crippen LogP contribution in [-0.2, 0) is 4.79 Å². The van der Waals surface area contributed by atoms with E-state index in [1.54, 1.807) is 30.6 Å². The van der Waals surface area contributed by atoms with Crippen molar-refractivity contribution in [3.8, 4) is 0 Å². The fourth-order valence-corrected chi connectivity index (χ4v) is 1.93. The quantitative estimate of drug-likeness (QED) is 0.660. The molecule has 7 heteroatoms. The summed E-state index contributed by atoms with van der Waals surface area (Å²) in [5.41, 5.74) is 0.556. The molecule has 0 bridgehead atoms. The maximum absolute atomic E-state index is 11.9. The van der Waals surface area contributed by atoms with E-state index in [0.29, 0.717) is 5.69 Å². The number of fused-ring (bicyclic) bond motifs is 1. The first-order valence-corrected chi connectivity index (χ1v) is 6.35. The highest BCUT2D eigenvalue weighted by Gasteiger charge is 2.19. The zero-order chi connectivity index (χ0) is 15.2. The van der Waals surface area contributed by atoms with Gasteiger partial charge in [-0.25, -0.2) is 9.59 Å². The number of aliphatic carboxylic acids is 1. The maximum atomic E-state index is 11.9. The summed E-state index contributed by atoms with van der Waals surface area (Å²) in [7, 11) is 0. The molecule has 0 aliphatic heterocycles.